The number of carbonyl (C=O) groups is 1. The lowest BCUT2D eigenvalue weighted by Crippen LogP contribution is -2.13. The SMILES string of the molecule is C=C(C(=O)Nc1ccc2c(c1)S(=O)(=O)C=C2)c1ccc(C)cc1. The van der Waals surface area contributed by atoms with E-state index in [1.165, 1.54) is 6.07 Å². The van der Waals surface area contributed by atoms with Crippen molar-refractivity contribution in [1.82, 2.24) is 0 Å². The van der Waals surface area contributed by atoms with Gasteiger partial charge in [-0.15, -0.1) is 0 Å². The van der Waals surface area contributed by atoms with Crippen molar-refractivity contribution in [2.75, 3.05) is 5.32 Å². The number of rotatable bonds is 3. The van der Waals surface area contributed by atoms with Gasteiger partial charge in [-0.2, -0.15) is 0 Å². The number of fused-ring (bicyclic) bond motifs is 1. The van der Waals surface area contributed by atoms with Gasteiger partial charge in [-0.3, -0.25) is 4.79 Å². The molecule has 1 N–H and O–H groups in total. The van der Waals surface area contributed by atoms with Crippen molar-refractivity contribution in [3.05, 3.63) is 71.1 Å². The summed E-state index contributed by atoms with van der Waals surface area (Å²) in [6.07, 6.45) is 1.54. The Balaban J connectivity index is 1.82. The van der Waals surface area contributed by atoms with Crippen molar-refractivity contribution in [1.29, 1.82) is 0 Å². The quantitative estimate of drug-likeness (QED) is 0.880. The Morgan fingerprint density at radius 2 is 1.78 bits per heavy atom. The van der Waals surface area contributed by atoms with Crippen molar-refractivity contribution in [3.63, 3.8) is 0 Å². The van der Waals surface area contributed by atoms with Crippen LogP contribution in [0.4, 0.5) is 5.69 Å². The van der Waals surface area contributed by atoms with Gasteiger partial charge in [-0.05, 0) is 36.3 Å². The van der Waals surface area contributed by atoms with Crippen LogP contribution in [0.1, 0.15) is 16.7 Å². The molecule has 4 nitrogen and oxygen atoms in total. The third-order valence-corrected chi connectivity index (χ3v) is 5.14. The molecule has 1 aliphatic rings. The molecule has 0 bridgehead atoms. The first-order valence-corrected chi connectivity index (χ1v) is 8.56. The van der Waals surface area contributed by atoms with Crippen LogP contribution in [-0.4, -0.2) is 14.3 Å². The van der Waals surface area contributed by atoms with Crippen molar-refractivity contribution in [2.45, 2.75) is 11.8 Å². The average Bonchev–Trinajstić information content (AvgIpc) is 2.82. The molecule has 23 heavy (non-hydrogen) atoms. The highest BCUT2D eigenvalue weighted by molar-refractivity contribution is 7.94. The van der Waals surface area contributed by atoms with E-state index in [2.05, 4.69) is 11.9 Å². The topological polar surface area (TPSA) is 63.2 Å². The summed E-state index contributed by atoms with van der Waals surface area (Å²) in [4.78, 5) is 12.5. The molecule has 2 aromatic carbocycles. The minimum Gasteiger partial charge on any atom is -0.322 e. The van der Waals surface area contributed by atoms with E-state index < -0.39 is 9.84 Å². The number of sulfone groups is 1. The van der Waals surface area contributed by atoms with E-state index in [-0.39, 0.29) is 10.8 Å². The van der Waals surface area contributed by atoms with Crippen LogP contribution in [0.5, 0.6) is 0 Å². The van der Waals surface area contributed by atoms with Gasteiger partial charge in [-0.25, -0.2) is 8.42 Å². The molecular formula is C18H15NO3S. The summed E-state index contributed by atoms with van der Waals surface area (Å²) in [5, 5.41) is 3.85. The zero-order valence-corrected chi connectivity index (χ0v) is 13.4. The molecule has 3 rings (SSSR count). The van der Waals surface area contributed by atoms with Crippen LogP contribution in [0.25, 0.3) is 11.6 Å². The molecule has 1 heterocycles. The molecule has 2 aromatic rings. The van der Waals surface area contributed by atoms with E-state index in [0.717, 1.165) is 16.5 Å². The van der Waals surface area contributed by atoms with Gasteiger partial charge < -0.3 is 5.32 Å². The smallest absolute Gasteiger partial charge is 0.255 e. The molecule has 0 aliphatic carbocycles. The lowest BCUT2D eigenvalue weighted by molar-refractivity contribution is -0.111. The van der Waals surface area contributed by atoms with Crippen LogP contribution in [0.2, 0.25) is 0 Å². The van der Waals surface area contributed by atoms with E-state index in [4.69, 9.17) is 0 Å². The van der Waals surface area contributed by atoms with Crippen LogP contribution in [0, 0.1) is 6.92 Å². The molecule has 0 saturated carbocycles. The maximum absolute atomic E-state index is 12.3. The highest BCUT2D eigenvalue weighted by Gasteiger charge is 2.21. The summed E-state index contributed by atoms with van der Waals surface area (Å²) in [7, 11) is -3.40. The summed E-state index contributed by atoms with van der Waals surface area (Å²) in [5.74, 6) is -0.364. The molecule has 0 aromatic heterocycles. The van der Waals surface area contributed by atoms with Gasteiger partial charge in [0.05, 0.1) is 4.90 Å². The maximum Gasteiger partial charge on any atom is 0.255 e. The highest BCUT2D eigenvalue weighted by atomic mass is 32.2. The number of amides is 1. The van der Waals surface area contributed by atoms with E-state index in [1.807, 2.05) is 31.2 Å². The van der Waals surface area contributed by atoms with E-state index in [9.17, 15) is 13.2 Å². The van der Waals surface area contributed by atoms with Gasteiger partial charge in [-0.1, -0.05) is 42.5 Å². The Kier molecular flexibility index (Phi) is 3.66. The van der Waals surface area contributed by atoms with Crippen molar-refractivity contribution in [2.24, 2.45) is 0 Å². The largest absolute Gasteiger partial charge is 0.322 e. The maximum atomic E-state index is 12.3. The Morgan fingerprint density at radius 3 is 2.48 bits per heavy atom. The number of hydrogen-bond donors (Lipinski definition) is 1. The number of aryl methyl sites for hydroxylation is 1. The molecule has 1 amide bonds. The Morgan fingerprint density at radius 1 is 1.09 bits per heavy atom. The van der Waals surface area contributed by atoms with Crippen molar-refractivity contribution >= 4 is 33.1 Å². The minimum absolute atomic E-state index is 0.205. The van der Waals surface area contributed by atoms with Gasteiger partial charge in [0, 0.05) is 16.7 Å². The molecular weight excluding hydrogens is 310 g/mol. The first kappa shape index (κ1) is 15.2. The molecule has 0 atom stereocenters. The van der Waals surface area contributed by atoms with Crippen molar-refractivity contribution < 1.29 is 13.2 Å². The zero-order valence-electron chi connectivity index (χ0n) is 12.5. The number of benzene rings is 2. The van der Waals surface area contributed by atoms with E-state index in [0.29, 0.717) is 16.8 Å². The predicted molar refractivity (Wildman–Crippen MR) is 91.5 cm³/mol. The summed E-state index contributed by atoms with van der Waals surface area (Å²) >= 11 is 0. The van der Waals surface area contributed by atoms with E-state index >= 15 is 0 Å². The van der Waals surface area contributed by atoms with Gasteiger partial charge in [0.25, 0.3) is 5.91 Å². The second-order valence-corrected chi connectivity index (χ2v) is 7.20. The minimum atomic E-state index is -3.40. The Hall–Kier alpha value is -2.66. The lowest BCUT2D eigenvalue weighted by Gasteiger charge is -2.09. The van der Waals surface area contributed by atoms with Crippen LogP contribution in [0.3, 0.4) is 0 Å². The molecule has 0 spiro atoms. The third kappa shape index (κ3) is 2.96. The summed E-state index contributed by atoms with van der Waals surface area (Å²) in [6.45, 7) is 5.77. The van der Waals surface area contributed by atoms with Crippen LogP contribution in [-0.2, 0) is 14.6 Å². The standard InChI is InChI=1S/C18H15NO3S/c1-12-3-5-14(6-4-12)13(2)18(20)19-16-8-7-15-9-10-23(21,22)17(15)11-16/h3-11H,2H2,1H3,(H,19,20). The first-order valence-electron chi connectivity index (χ1n) is 7.01. The first-order chi connectivity index (χ1) is 10.9. The molecule has 5 heteroatoms. The van der Waals surface area contributed by atoms with Gasteiger partial charge in [0.15, 0.2) is 0 Å². The summed E-state index contributed by atoms with van der Waals surface area (Å²) in [6, 6.07) is 12.3. The number of nitrogens with one attached hydrogen (secondary N) is 1. The molecule has 0 saturated heterocycles. The van der Waals surface area contributed by atoms with E-state index in [1.54, 1.807) is 18.2 Å². The second kappa shape index (κ2) is 5.52. The fourth-order valence-electron chi connectivity index (χ4n) is 2.32. The second-order valence-electron chi connectivity index (χ2n) is 5.40. The number of carbonyl (C=O) groups excluding carboxylic acids is 1. The highest BCUT2D eigenvalue weighted by Crippen LogP contribution is 2.29. The molecule has 0 radical (unpaired) electrons. The molecule has 1 aliphatic heterocycles. The fourth-order valence-corrected chi connectivity index (χ4v) is 3.55. The average molecular weight is 325 g/mol. The molecule has 116 valence electrons. The number of anilines is 1. The van der Waals surface area contributed by atoms with Gasteiger partial charge in [0.2, 0.25) is 9.84 Å². The zero-order chi connectivity index (χ0) is 16.6. The van der Waals surface area contributed by atoms with Crippen LogP contribution >= 0.6 is 0 Å². The van der Waals surface area contributed by atoms with Gasteiger partial charge in [0.1, 0.15) is 0 Å². The van der Waals surface area contributed by atoms with Crippen LogP contribution in [0.15, 0.2) is 59.3 Å². The number of hydrogen-bond acceptors (Lipinski definition) is 3. The third-order valence-electron chi connectivity index (χ3n) is 3.68. The van der Waals surface area contributed by atoms with Crippen molar-refractivity contribution in [3.8, 4) is 0 Å². The summed E-state index contributed by atoms with van der Waals surface area (Å²) in [5.41, 5.74) is 3.20. The predicted octanol–water partition coefficient (Wildman–Crippen LogP) is 3.40. The van der Waals surface area contributed by atoms with Crippen LogP contribution < -0.4 is 5.32 Å². The lowest BCUT2D eigenvalue weighted by atomic mass is 10.1. The molecule has 0 fully saturated rings. The monoisotopic (exact) mass is 325 g/mol. The molecule has 0 unspecified atom stereocenters. The summed E-state index contributed by atoms with van der Waals surface area (Å²) < 4.78 is 23.7. The Bertz CT molecular complexity index is 939. The normalized spacial score (nSPS) is 14.3. The fraction of sp³-hybridized carbons (Fsp3) is 0.0556. The Labute approximate surface area is 135 Å². The van der Waals surface area contributed by atoms with Gasteiger partial charge >= 0.3 is 0 Å².